The average molecular weight is 406 g/mol. The predicted molar refractivity (Wildman–Crippen MR) is 113 cm³/mol. The van der Waals surface area contributed by atoms with Crippen LogP contribution >= 0.6 is 0 Å². The van der Waals surface area contributed by atoms with E-state index >= 15 is 0 Å². The number of H-pyrrole nitrogens is 2. The van der Waals surface area contributed by atoms with Gasteiger partial charge in [0.25, 0.3) is 0 Å². The topological polar surface area (TPSA) is 147 Å². The summed E-state index contributed by atoms with van der Waals surface area (Å²) in [5.41, 5.74) is 15.3. The van der Waals surface area contributed by atoms with Crippen LogP contribution in [-0.2, 0) is 27.2 Å². The van der Waals surface area contributed by atoms with Gasteiger partial charge in [-0.15, -0.1) is 0 Å². The molecular formula is C22H22N4O4. The number of carbonyl (C=O) groups excluding carboxylic acids is 2. The summed E-state index contributed by atoms with van der Waals surface area (Å²) < 4.78 is 4.92. The first-order chi connectivity index (χ1) is 14.4. The molecule has 0 fully saturated rings. The zero-order valence-electron chi connectivity index (χ0n) is 16.1. The van der Waals surface area contributed by atoms with Crippen molar-refractivity contribution in [3.05, 3.63) is 66.0 Å². The zero-order chi connectivity index (χ0) is 21.3. The second-order valence-electron chi connectivity index (χ2n) is 7.26. The molecule has 4 aromatic rings. The molecule has 30 heavy (non-hydrogen) atoms. The molecule has 0 radical (unpaired) electrons. The number of phenols is 1. The van der Waals surface area contributed by atoms with Gasteiger partial charge >= 0.3 is 11.9 Å². The van der Waals surface area contributed by atoms with Crippen LogP contribution in [0.5, 0.6) is 5.75 Å². The van der Waals surface area contributed by atoms with E-state index in [1.807, 2.05) is 24.3 Å². The van der Waals surface area contributed by atoms with Crippen LogP contribution < -0.4 is 11.5 Å². The van der Waals surface area contributed by atoms with Gasteiger partial charge in [-0.3, -0.25) is 0 Å². The minimum Gasteiger partial charge on any atom is -0.508 e. The minimum absolute atomic E-state index is 0.109. The van der Waals surface area contributed by atoms with E-state index in [0.717, 1.165) is 32.9 Å². The summed E-state index contributed by atoms with van der Waals surface area (Å²) in [6.07, 6.45) is 3.87. The van der Waals surface area contributed by atoms with Crippen molar-refractivity contribution in [1.82, 2.24) is 9.97 Å². The molecule has 0 amide bonds. The maximum Gasteiger partial charge on any atom is 0.330 e. The Morgan fingerprint density at radius 1 is 0.867 bits per heavy atom. The van der Waals surface area contributed by atoms with Gasteiger partial charge in [0.15, 0.2) is 0 Å². The Kier molecular flexibility index (Phi) is 5.26. The Hall–Kier alpha value is -3.62. The molecule has 2 aromatic heterocycles. The zero-order valence-corrected chi connectivity index (χ0v) is 16.1. The lowest BCUT2D eigenvalue weighted by molar-refractivity contribution is -0.161. The molecule has 8 nitrogen and oxygen atoms in total. The highest BCUT2D eigenvalue weighted by molar-refractivity contribution is 5.92. The normalized spacial score (nSPS) is 13.4. The summed E-state index contributed by atoms with van der Waals surface area (Å²) in [5, 5.41) is 11.4. The SMILES string of the molecule is N[C@@H](Cc1c[nH]c2ccccc12)C(=O)OC(=O)[C@@H](N)Cc1c[nH]c2ccc(O)cc12. The lowest BCUT2D eigenvalue weighted by Crippen LogP contribution is -2.41. The Labute approximate surface area is 171 Å². The number of fused-ring (bicyclic) bond motifs is 2. The van der Waals surface area contributed by atoms with Gasteiger partial charge in [0.2, 0.25) is 0 Å². The van der Waals surface area contributed by atoms with Gasteiger partial charge < -0.3 is 31.3 Å². The van der Waals surface area contributed by atoms with Crippen molar-refractivity contribution < 1.29 is 19.4 Å². The number of para-hydroxylation sites is 1. The van der Waals surface area contributed by atoms with Crippen molar-refractivity contribution in [2.24, 2.45) is 11.5 Å². The Bertz CT molecular complexity index is 1230. The lowest BCUT2D eigenvalue weighted by Gasteiger charge is -2.13. The number of aromatic hydroxyl groups is 1. The van der Waals surface area contributed by atoms with Crippen LogP contribution in [0.3, 0.4) is 0 Å². The van der Waals surface area contributed by atoms with Crippen molar-refractivity contribution in [3.8, 4) is 5.75 Å². The Morgan fingerprint density at radius 2 is 1.43 bits per heavy atom. The van der Waals surface area contributed by atoms with E-state index in [2.05, 4.69) is 9.97 Å². The number of ether oxygens (including phenoxy) is 1. The van der Waals surface area contributed by atoms with E-state index < -0.39 is 24.0 Å². The molecule has 154 valence electrons. The number of hydrogen-bond donors (Lipinski definition) is 5. The molecule has 0 saturated heterocycles. The molecule has 8 heteroatoms. The smallest absolute Gasteiger partial charge is 0.330 e. The first-order valence-corrected chi connectivity index (χ1v) is 9.53. The van der Waals surface area contributed by atoms with Crippen LogP contribution in [0.25, 0.3) is 21.8 Å². The second-order valence-corrected chi connectivity index (χ2v) is 7.26. The largest absolute Gasteiger partial charge is 0.508 e. The van der Waals surface area contributed by atoms with Gasteiger partial charge in [0.05, 0.1) is 0 Å². The fourth-order valence-corrected chi connectivity index (χ4v) is 3.53. The van der Waals surface area contributed by atoms with Gasteiger partial charge in [-0.1, -0.05) is 18.2 Å². The van der Waals surface area contributed by atoms with E-state index in [4.69, 9.17) is 16.2 Å². The van der Waals surface area contributed by atoms with E-state index in [1.165, 1.54) is 0 Å². The molecular weight excluding hydrogens is 384 g/mol. The second kappa shape index (κ2) is 8.02. The van der Waals surface area contributed by atoms with Crippen LogP contribution in [0.2, 0.25) is 0 Å². The third-order valence-electron chi connectivity index (χ3n) is 5.11. The molecule has 0 saturated carbocycles. The van der Waals surface area contributed by atoms with Crippen LogP contribution in [-0.4, -0.2) is 39.1 Å². The van der Waals surface area contributed by atoms with Crippen molar-refractivity contribution in [2.45, 2.75) is 24.9 Å². The fourth-order valence-electron chi connectivity index (χ4n) is 3.53. The number of phenolic OH excluding ortho intramolecular Hbond substituents is 1. The first kappa shape index (κ1) is 19.7. The number of nitrogens with one attached hydrogen (secondary N) is 2. The molecule has 0 bridgehead atoms. The van der Waals surface area contributed by atoms with Crippen molar-refractivity contribution in [2.75, 3.05) is 0 Å². The third-order valence-corrected chi connectivity index (χ3v) is 5.11. The van der Waals surface area contributed by atoms with Crippen LogP contribution in [0, 0.1) is 0 Å². The van der Waals surface area contributed by atoms with Gasteiger partial charge in [-0.2, -0.15) is 0 Å². The summed E-state index contributed by atoms with van der Waals surface area (Å²) in [6.45, 7) is 0. The van der Waals surface area contributed by atoms with Crippen LogP contribution in [0.1, 0.15) is 11.1 Å². The molecule has 2 heterocycles. The third kappa shape index (κ3) is 3.91. The maximum atomic E-state index is 12.3. The molecule has 0 aliphatic rings. The van der Waals surface area contributed by atoms with Gasteiger partial charge in [-0.25, -0.2) is 9.59 Å². The summed E-state index contributed by atoms with van der Waals surface area (Å²) in [5.74, 6) is -1.56. The van der Waals surface area contributed by atoms with Crippen LogP contribution in [0.4, 0.5) is 0 Å². The van der Waals surface area contributed by atoms with E-state index in [-0.39, 0.29) is 18.6 Å². The summed E-state index contributed by atoms with van der Waals surface area (Å²) >= 11 is 0. The number of aromatic amines is 2. The molecule has 2 atom stereocenters. The maximum absolute atomic E-state index is 12.3. The quantitative estimate of drug-likeness (QED) is 0.244. The summed E-state index contributed by atoms with van der Waals surface area (Å²) in [4.78, 5) is 30.8. The van der Waals surface area contributed by atoms with Crippen molar-refractivity contribution >= 4 is 33.7 Å². The first-order valence-electron chi connectivity index (χ1n) is 9.53. The van der Waals surface area contributed by atoms with Gasteiger partial charge in [0, 0.05) is 47.0 Å². The lowest BCUT2D eigenvalue weighted by atomic mass is 10.0. The minimum atomic E-state index is -1.05. The predicted octanol–water partition coefficient (Wildman–Crippen LogP) is 1.86. The number of aromatic nitrogens is 2. The van der Waals surface area contributed by atoms with Gasteiger partial charge in [0.1, 0.15) is 17.8 Å². The summed E-state index contributed by atoms with van der Waals surface area (Å²) in [6, 6.07) is 10.5. The Balaban J connectivity index is 1.38. The highest BCUT2D eigenvalue weighted by Gasteiger charge is 2.25. The van der Waals surface area contributed by atoms with E-state index in [0.29, 0.717) is 0 Å². The molecule has 0 spiro atoms. The molecule has 2 aromatic carbocycles. The fraction of sp³-hybridized carbons (Fsp3) is 0.182. The number of benzene rings is 2. The summed E-state index contributed by atoms with van der Waals surface area (Å²) in [7, 11) is 0. The number of carbonyl (C=O) groups is 2. The monoisotopic (exact) mass is 406 g/mol. The van der Waals surface area contributed by atoms with E-state index in [9.17, 15) is 14.7 Å². The molecule has 0 aliphatic carbocycles. The van der Waals surface area contributed by atoms with E-state index in [1.54, 1.807) is 30.6 Å². The molecule has 0 aliphatic heterocycles. The average Bonchev–Trinajstić information content (AvgIpc) is 3.32. The number of nitrogens with two attached hydrogens (primary N) is 2. The number of rotatable bonds is 6. The van der Waals surface area contributed by atoms with Gasteiger partial charge in [-0.05, 0) is 35.4 Å². The highest BCUT2D eigenvalue weighted by Crippen LogP contribution is 2.24. The molecule has 7 N–H and O–H groups in total. The number of hydrogen-bond acceptors (Lipinski definition) is 6. The molecule has 4 rings (SSSR count). The highest BCUT2D eigenvalue weighted by atomic mass is 16.6. The standard InChI is InChI=1S/C22H22N4O4/c23-17(7-12-10-25-19-4-2-1-3-15(12)19)21(28)30-22(29)18(24)8-13-11-26-20-6-5-14(27)9-16(13)20/h1-6,9-11,17-18,25-27H,7-8,23-24H2/t17-,18-/m0/s1. The van der Waals surface area contributed by atoms with Crippen molar-refractivity contribution in [1.29, 1.82) is 0 Å². The van der Waals surface area contributed by atoms with Crippen molar-refractivity contribution in [3.63, 3.8) is 0 Å². The Morgan fingerprint density at radius 3 is 2.10 bits per heavy atom. The van der Waals surface area contributed by atoms with Crippen LogP contribution in [0.15, 0.2) is 54.9 Å². The number of esters is 2. The molecule has 0 unspecified atom stereocenters.